The number of hydrogen-bond acceptors (Lipinski definition) is 3. The Bertz CT molecular complexity index is 386. The van der Waals surface area contributed by atoms with Gasteiger partial charge >= 0.3 is 0 Å². The van der Waals surface area contributed by atoms with E-state index in [1.807, 2.05) is 30.3 Å². The summed E-state index contributed by atoms with van der Waals surface area (Å²) in [5.74, 6) is 0.199. The van der Waals surface area contributed by atoms with Crippen molar-refractivity contribution < 1.29 is 8.42 Å². The molecule has 0 spiro atoms. The van der Waals surface area contributed by atoms with Gasteiger partial charge in [0.1, 0.15) is 0 Å². The van der Waals surface area contributed by atoms with Crippen LogP contribution in [0.5, 0.6) is 0 Å². The number of hydrogen-bond donors (Lipinski definition) is 1. The molecule has 15 heavy (non-hydrogen) atoms. The number of anilines is 1. The minimum absolute atomic E-state index is 0.199. The second kappa shape index (κ2) is 5.16. The molecule has 0 heterocycles. The van der Waals surface area contributed by atoms with E-state index in [1.165, 1.54) is 0 Å². The molecule has 0 radical (unpaired) electrons. The van der Waals surface area contributed by atoms with E-state index in [0.29, 0.717) is 6.54 Å². The molecule has 0 aliphatic carbocycles. The molecule has 1 aromatic carbocycles. The van der Waals surface area contributed by atoms with E-state index in [1.54, 1.807) is 13.8 Å². The summed E-state index contributed by atoms with van der Waals surface area (Å²) in [6, 6.07) is 9.61. The van der Waals surface area contributed by atoms with E-state index in [9.17, 15) is 8.42 Å². The zero-order valence-electron chi connectivity index (χ0n) is 9.10. The Morgan fingerprint density at radius 3 is 2.40 bits per heavy atom. The standard InChI is InChI=1S/C11H17NO2S/c1-3-15(13,14)10(2)9-12-11-7-5-4-6-8-11/h4-8,10,12H,3,9H2,1-2H3. The molecule has 0 aliphatic rings. The summed E-state index contributed by atoms with van der Waals surface area (Å²) in [6.45, 7) is 3.86. The van der Waals surface area contributed by atoms with Gasteiger partial charge in [-0.15, -0.1) is 0 Å². The quantitative estimate of drug-likeness (QED) is 0.836. The van der Waals surface area contributed by atoms with Gasteiger partial charge in [-0.25, -0.2) is 8.42 Å². The van der Waals surface area contributed by atoms with Crippen molar-refractivity contribution >= 4 is 15.5 Å². The van der Waals surface area contributed by atoms with Crippen LogP contribution in [0.4, 0.5) is 5.69 Å². The summed E-state index contributed by atoms with van der Waals surface area (Å²) in [5, 5.41) is 2.76. The lowest BCUT2D eigenvalue weighted by Gasteiger charge is -2.13. The first-order valence-electron chi connectivity index (χ1n) is 5.06. The molecule has 0 amide bonds. The summed E-state index contributed by atoms with van der Waals surface area (Å²) in [7, 11) is -2.93. The van der Waals surface area contributed by atoms with Crippen molar-refractivity contribution in [3.8, 4) is 0 Å². The maximum absolute atomic E-state index is 11.5. The van der Waals surface area contributed by atoms with Gasteiger partial charge in [0.15, 0.2) is 9.84 Å². The van der Waals surface area contributed by atoms with Crippen LogP contribution >= 0.6 is 0 Å². The van der Waals surface area contributed by atoms with Crippen molar-refractivity contribution in [2.75, 3.05) is 17.6 Å². The summed E-state index contributed by atoms with van der Waals surface area (Å²) >= 11 is 0. The number of sulfone groups is 1. The maximum Gasteiger partial charge on any atom is 0.154 e. The molecule has 84 valence electrons. The van der Waals surface area contributed by atoms with Gasteiger partial charge in [0.2, 0.25) is 0 Å². The highest BCUT2D eigenvalue weighted by Gasteiger charge is 2.17. The van der Waals surface area contributed by atoms with Crippen LogP contribution in [0, 0.1) is 0 Å². The Hall–Kier alpha value is -1.03. The average molecular weight is 227 g/mol. The van der Waals surface area contributed by atoms with Crippen LogP contribution < -0.4 is 5.32 Å². The highest BCUT2D eigenvalue weighted by Crippen LogP contribution is 2.07. The van der Waals surface area contributed by atoms with Crippen LogP contribution in [0.2, 0.25) is 0 Å². The molecular formula is C11H17NO2S. The zero-order chi connectivity index (χ0) is 11.3. The van der Waals surface area contributed by atoms with Crippen LogP contribution in [-0.4, -0.2) is 26.0 Å². The molecule has 4 heteroatoms. The van der Waals surface area contributed by atoms with Gasteiger partial charge in [-0.2, -0.15) is 0 Å². The van der Waals surface area contributed by atoms with Crippen molar-refractivity contribution in [2.24, 2.45) is 0 Å². The first kappa shape index (κ1) is 12.0. The third kappa shape index (κ3) is 3.55. The van der Waals surface area contributed by atoms with Gasteiger partial charge in [-0.3, -0.25) is 0 Å². The Morgan fingerprint density at radius 2 is 1.87 bits per heavy atom. The van der Waals surface area contributed by atoms with Crippen molar-refractivity contribution in [3.05, 3.63) is 30.3 Å². The predicted molar refractivity (Wildman–Crippen MR) is 63.9 cm³/mol. The number of benzene rings is 1. The molecule has 0 aliphatic heterocycles. The largest absolute Gasteiger partial charge is 0.384 e. The average Bonchev–Trinajstić information content (AvgIpc) is 2.27. The first-order valence-corrected chi connectivity index (χ1v) is 6.78. The van der Waals surface area contributed by atoms with Crippen molar-refractivity contribution in [2.45, 2.75) is 19.1 Å². The Balaban J connectivity index is 2.52. The maximum atomic E-state index is 11.5. The highest BCUT2D eigenvalue weighted by molar-refractivity contribution is 7.92. The molecule has 1 rings (SSSR count). The summed E-state index contributed by atoms with van der Waals surface area (Å²) < 4.78 is 23.0. The molecule has 1 N–H and O–H groups in total. The van der Waals surface area contributed by atoms with Gasteiger partial charge in [-0.05, 0) is 19.1 Å². The zero-order valence-corrected chi connectivity index (χ0v) is 9.92. The van der Waals surface area contributed by atoms with Crippen molar-refractivity contribution in [3.63, 3.8) is 0 Å². The fraction of sp³-hybridized carbons (Fsp3) is 0.455. The third-order valence-corrected chi connectivity index (χ3v) is 4.58. The van der Waals surface area contributed by atoms with Crippen LogP contribution in [0.15, 0.2) is 30.3 Å². The van der Waals surface area contributed by atoms with E-state index in [2.05, 4.69) is 5.32 Å². The van der Waals surface area contributed by atoms with E-state index in [4.69, 9.17) is 0 Å². The molecule has 1 unspecified atom stereocenters. The Labute approximate surface area is 91.4 Å². The molecule has 3 nitrogen and oxygen atoms in total. The molecular weight excluding hydrogens is 210 g/mol. The van der Waals surface area contributed by atoms with Crippen LogP contribution in [0.25, 0.3) is 0 Å². The van der Waals surface area contributed by atoms with Gasteiger partial charge in [0.25, 0.3) is 0 Å². The molecule has 1 aromatic rings. The van der Waals surface area contributed by atoms with E-state index in [0.717, 1.165) is 5.69 Å². The van der Waals surface area contributed by atoms with Crippen LogP contribution in [0.1, 0.15) is 13.8 Å². The Morgan fingerprint density at radius 1 is 1.27 bits per heavy atom. The van der Waals surface area contributed by atoms with Gasteiger partial charge in [-0.1, -0.05) is 25.1 Å². The van der Waals surface area contributed by atoms with Gasteiger partial charge in [0.05, 0.1) is 5.25 Å². The minimum Gasteiger partial charge on any atom is -0.384 e. The topological polar surface area (TPSA) is 46.2 Å². The molecule has 0 saturated carbocycles. The second-order valence-electron chi connectivity index (χ2n) is 3.51. The second-order valence-corrected chi connectivity index (χ2v) is 6.22. The van der Waals surface area contributed by atoms with Crippen molar-refractivity contribution in [1.82, 2.24) is 0 Å². The fourth-order valence-corrected chi connectivity index (χ4v) is 2.14. The van der Waals surface area contributed by atoms with Crippen LogP contribution in [0.3, 0.4) is 0 Å². The van der Waals surface area contributed by atoms with E-state index >= 15 is 0 Å². The fourth-order valence-electron chi connectivity index (χ4n) is 1.23. The molecule has 0 aromatic heterocycles. The highest BCUT2D eigenvalue weighted by atomic mass is 32.2. The lowest BCUT2D eigenvalue weighted by atomic mass is 10.3. The van der Waals surface area contributed by atoms with Crippen LogP contribution in [-0.2, 0) is 9.84 Å². The molecule has 0 bridgehead atoms. The lowest BCUT2D eigenvalue weighted by molar-refractivity contribution is 0.586. The van der Waals surface area contributed by atoms with E-state index in [-0.39, 0.29) is 11.0 Å². The van der Waals surface area contributed by atoms with Gasteiger partial charge in [0, 0.05) is 18.0 Å². The normalized spacial score (nSPS) is 13.5. The lowest BCUT2D eigenvalue weighted by Crippen LogP contribution is -2.27. The van der Waals surface area contributed by atoms with E-state index < -0.39 is 9.84 Å². The van der Waals surface area contributed by atoms with Gasteiger partial charge < -0.3 is 5.32 Å². The number of para-hydroxylation sites is 1. The number of nitrogens with one attached hydrogen (secondary N) is 1. The molecule has 0 saturated heterocycles. The first-order chi connectivity index (χ1) is 7.06. The van der Waals surface area contributed by atoms with Crippen molar-refractivity contribution in [1.29, 1.82) is 0 Å². The Kier molecular flexibility index (Phi) is 4.15. The smallest absolute Gasteiger partial charge is 0.154 e. The third-order valence-electron chi connectivity index (χ3n) is 2.38. The monoisotopic (exact) mass is 227 g/mol. The SMILES string of the molecule is CCS(=O)(=O)C(C)CNc1ccccc1. The summed E-state index contributed by atoms with van der Waals surface area (Å²) in [6.07, 6.45) is 0. The minimum atomic E-state index is -2.93. The molecule has 0 fully saturated rings. The summed E-state index contributed by atoms with van der Waals surface area (Å²) in [5.41, 5.74) is 0.954. The number of rotatable bonds is 5. The summed E-state index contributed by atoms with van der Waals surface area (Å²) in [4.78, 5) is 0. The molecule has 1 atom stereocenters. The predicted octanol–water partition coefficient (Wildman–Crippen LogP) is 1.92.